The largest absolute Gasteiger partial charge is 0.481 e. The van der Waals surface area contributed by atoms with E-state index in [-0.39, 0.29) is 0 Å². The van der Waals surface area contributed by atoms with Crippen LogP contribution in [0.5, 0.6) is 5.88 Å². The summed E-state index contributed by atoms with van der Waals surface area (Å²) in [7, 11) is 1.65. The number of rotatable bonds is 6. The van der Waals surface area contributed by atoms with Crippen LogP contribution in [0.15, 0.2) is 42.6 Å². The first-order valence-electron chi connectivity index (χ1n) is 6.83. The summed E-state index contributed by atoms with van der Waals surface area (Å²) in [6.45, 7) is 3.83. The zero-order chi connectivity index (χ0) is 14.4. The zero-order valence-electron chi connectivity index (χ0n) is 12.0. The lowest BCUT2D eigenvalue weighted by Crippen LogP contribution is -2.24. The van der Waals surface area contributed by atoms with Gasteiger partial charge in [-0.1, -0.05) is 25.1 Å². The summed E-state index contributed by atoms with van der Waals surface area (Å²) < 4.78 is 5.32. The van der Waals surface area contributed by atoms with E-state index in [1.807, 2.05) is 36.4 Å². The number of hydrogen-bond donors (Lipinski definition) is 1. The SMILES string of the molecule is CCCN(Cc1cccnc1OC)c1ccccc1N. The van der Waals surface area contributed by atoms with E-state index in [1.165, 1.54) is 0 Å². The van der Waals surface area contributed by atoms with Crippen molar-refractivity contribution in [2.24, 2.45) is 0 Å². The highest BCUT2D eigenvalue weighted by molar-refractivity contribution is 5.67. The van der Waals surface area contributed by atoms with E-state index in [1.54, 1.807) is 13.3 Å². The smallest absolute Gasteiger partial charge is 0.218 e. The highest BCUT2D eigenvalue weighted by Crippen LogP contribution is 2.26. The van der Waals surface area contributed by atoms with Gasteiger partial charge in [0.25, 0.3) is 0 Å². The van der Waals surface area contributed by atoms with Crippen molar-refractivity contribution in [1.29, 1.82) is 0 Å². The molecule has 1 aromatic heterocycles. The molecule has 0 atom stereocenters. The maximum absolute atomic E-state index is 6.09. The molecular formula is C16H21N3O. The molecule has 0 saturated heterocycles. The molecule has 0 amide bonds. The molecule has 0 spiro atoms. The van der Waals surface area contributed by atoms with Crippen LogP contribution < -0.4 is 15.4 Å². The highest BCUT2D eigenvalue weighted by atomic mass is 16.5. The molecule has 0 bridgehead atoms. The van der Waals surface area contributed by atoms with E-state index in [4.69, 9.17) is 10.5 Å². The maximum atomic E-state index is 6.09. The number of nitrogens with two attached hydrogens (primary N) is 1. The van der Waals surface area contributed by atoms with Crippen LogP contribution in [0, 0.1) is 0 Å². The number of benzene rings is 1. The van der Waals surface area contributed by atoms with Gasteiger partial charge in [0, 0.05) is 24.8 Å². The number of para-hydroxylation sites is 2. The van der Waals surface area contributed by atoms with Crippen LogP contribution in [0.4, 0.5) is 11.4 Å². The second-order valence-corrected chi connectivity index (χ2v) is 4.65. The molecule has 0 aliphatic rings. The second kappa shape index (κ2) is 6.80. The molecule has 2 aromatic rings. The van der Waals surface area contributed by atoms with Gasteiger partial charge in [0.1, 0.15) is 0 Å². The van der Waals surface area contributed by atoms with E-state index < -0.39 is 0 Å². The number of hydrogen-bond acceptors (Lipinski definition) is 4. The van der Waals surface area contributed by atoms with Crippen molar-refractivity contribution in [2.75, 3.05) is 24.3 Å². The number of nitrogen functional groups attached to an aromatic ring is 1. The Morgan fingerprint density at radius 2 is 2.00 bits per heavy atom. The molecular weight excluding hydrogens is 250 g/mol. The zero-order valence-corrected chi connectivity index (χ0v) is 12.0. The Balaban J connectivity index is 2.28. The third-order valence-corrected chi connectivity index (χ3v) is 3.18. The normalized spacial score (nSPS) is 10.3. The summed E-state index contributed by atoms with van der Waals surface area (Å²) in [5, 5.41) is 0. The minimum atomic E-state index is 0.670. The molecule has 0 aliphatic carbocycles. The Kier molecular flexibility index (Phi) is 4.82. The summed E-state index contributed by atoms with van der Waals surface area (Å²) >= 11 is 0. The van der Waals surface area contributed by atoms with Crippen LogP contribution in [0.2, 0.25) is 0 Å². The molecule has 2 N–H and O–H groups in total. The Morgan fingerprint density at radius 1 is 1.20 bits per heavy atom. The highest BCUT2D eigenvalue weighted by Gasteiger charge is 2.12. The van der Waals surface area contributed by atoms with Gasteiger partial charge < -0.3 is 15.4 Å². The Bertz CT molecular complexity index is 557. The van der Waals surface area contributed by atoms with Gasteiger partial charge in [-0.3, -0.25) is 0 Å². The third-order valence-electron chi connectivity index (χ3n) is 3.18. The Hall–Kier alpha value is -2.23. The fraction of sp³-hybridized carbons (Fsp3) is 0.312. The standard InChI is InChI=1S/C16H21N3O/c1-3-11-19(15-9-5-4-8-14(15)17)12-13-7-6-10-18-16(13)20-2/h4-10H,3,11-12,17H2,1-2H3. The van der Waals surface area contributed by atoms with E-state index in [0.29, 0.717) is 5.88 Å². The predicted molar refractivity (Wildman–Crippen MR) is 83.0 cm³/mol. The fourth-order valence-corrected chi connectivity index (χ4v) is 2.26. The first-order valence-corrected chi connectivity index (χ1v) is 6.83. The number of anilines is 2. The van der Waals surface area contributed by atoms with Crippen LogP contribution in [-0.2, 0) is 6.54 Å². The molecule has 1 heterocycles. The number of ether oxygens (including phenoxy) is 1. The van der Waals surface area contributed by atoms with Crippen molar-refractivity contribution in [2.45, 2.75) is 19.9 Å². The maximum Gasteiger partial charge on any atom is 0.218 e. The first-order chi connectivity index (χ1) is 9.76. The lowest BCUT2D eigenvalue weighted by molar-refractivity contribution is 0.392. The lowest BCUT2D eigenvalue weighted by Gasteiger charge is -2.26. The van der Waals surface area contributed by atoms with Crippen molar-refractivity contribution >= 4 is 11.4 Å². The van der Waals surface area contributed by atoms with Gasteiger partial charge in [-0.2, -0.15) is 0 Å². The predicted octanol–water partition coefficient (Wildman–Crippen LogP) is 3.09. The van der Waals surface area contributed by atoms with Crippen LogP contribution in [0.25, 0.3) is 0 Å². The van der Waals surface area contributed by atoms with E-state index >= 15 is 0 Å². The molecule has 20 heavy (non-hydrogen) atoms. The minimum absolute atomic E-state index is 0.670. The van der Waals surface area contributed by atoms with E-state index in [9.17, 15) is 0 Å². The molecule has 2 rings (SSSR count). The van der Waals surface area contributed by atoms with Crippen molar-refractivity contribution < 1.29 is 4.74 Å². The average Bonchev–Trinajstić information content (AvgIpc) is 2.48. The van der Waals surface area contributed by atoms with Crippen LogP contribution in [-0.4, -0.2) is 18.6 Å². The van der Waals surface area contributed by atoms with E-state index in [2.05, 4.69) is 16.8 Å². The van der Waals surface area contributed by atoms with Crippen LogP contribution in [0.3, 0.4) is 0 Å². The van der Waals surface area contributed by atoms with Gasteiger partial charge in [-0.25, -0.2) is 4.98 Å². The summed E-state index contributed by atoms with van der Waals surface area (Å²) in [6.07, 6.45) is 2.79. The van der Waals surface area contributed by atoms with Gasteiger partial charge in [0.05, 0.1) is 18.5 Å². The number of nitrogens with zero attached hydrogens (tertiary/aromatic N) is 2. The van der Waals surface area contributed by atoms with Gasteiger partial charge in [-0.05, 0) is 24.6 Å². The lowest BCUT2D eigenvalue weighted by atomic mass is 10.2. The fourth-order valence-electron chi connectivity index (χ4n) is 2.26. The molecule has 0 radical (unpaired) electrons. The average molecular weight is 271 g/mol. The van der Waals surface area contributed by atoms with Crippen LogP contribution >= 0.6 is 0 Å². The summed E-state index contributed by atoms with van der Waals surface area (Å²) in [5.74, 6) is 0.670. The van der Waals surface area contributed by atoms with Crippen molar-refractivity contribution in [1.82, 2.24) is 4.98 Å². The van der Waals surface area contributed by atoms with Gasteiger partial charge in [0.2, 0.25) is 5.88 Å². The summed E-state index contributed by atoms with van der Waals surface area (Å²) in [4.78, 5) is 6.51. The number of pyridine rings is 1. The monoisotopic (exact) mass is 271 g/mol. The molecule has 0 unspecified atom stereocenters. The van der Waals surface area contributed by atoms with Gasteiger partial charge in [0.15, 0.2) is 0 Å². The van der Waals surface area contributed by atoms with Gasteiger partial charge >= 0.3 is 0 Å². The van der Waals surface area contributed by atoms with Crippen molar-refractivity contribution in [3.05, 3.63) is 48.2 Å². The minimum Gasteiger partial charge on any atom is -0.481 e. The second-order valence-electron chi connectivity index (χ2n) is 4.65. The molecule has 0 saturated carbocycles. The van der Waals surface area contributed by atoms with Crippen LogP contribution in [0.1, 0.15) is 18.9 Å². The third kappa shape index (κ3) is 3.20. The summed E-state index contributed by atoms with van der Waals surface area (Å²) in [5.41, 5.74) is 9.00. The first kappa shape index (κ1) is 14.2. The Morgan fingerprint density at radius 3 is 2.70 bits per heavy atom. The van der Waals surface area contributed by atoms with Crippen molar-refractivity contribution in [3.63, 3.8) is 0 Å². The molecule has 4 heteroatoms. The van der Waals surface area contributed by atoms with E-state index in [0.717, 1.165) is 36.4 Å². The molecule has 106 valence electrons. The van der Waals surface area contributed by atoms with Gasteiger partial charge in [-0.15, -0.1) is 0 Å². The summed E-state index contributed by atoms with van der Waals surface area (Å²) in [6, 6.07) is 11.9. The quantitative estimate of drug-likeness (QED) is 0.820. The van der Waals surface area contributed by atoms with Crippen molar-refractivity contribution in [3.8, 4) is 5.88 Å². The molecule has 1 aromatic carbocycles. The molecule has 4 nitrogen and oxygen atoms in total. The number of methoxy groups -OCH3 is 1. The molecule has 0 fully saturated rings. The topological polar surface area (TPSA) is 51.4 Å². The molecule has 0 aliphatic heterocycles. The number of aromatic nitrogens is 1. The Labute approximate surface area is 120 Å².